The van der Waals surface area contributed by atoms with Crippen molar-refractivity contribution in [2.45, 2.75) is 38.0 Å². The highest BCUT2D eigenvalue weighted by Crippen LogP contribution is 2.34. The van der Waals surface area contributed by atoms with Gasteiger partial charge in [-0.3, -0.25) is 9.59 Å². The maximum Gasteiger partial charge on any atom is 0.259 e. The van der Waals surface area contributed by atoms with Gasteiger partial charge in [-0.05, 0) is 37.3 Å². The number of hydrogen-bond donors (Lipinski definition) is 2. The first-order valence-electron chi connectivity index (χ1n) is 10.4. The molecule has 3 aromatic rings. The quantitative estimate of drug-likeness (QED) is 0.591. The predicted octanol–water partition coefficient (Wildman–Crippen LogP) is 3.18. The molecule has 3 heterocycles. The second-order valence-corrected chi connectivity index (χ2v) is 9.68. The number of ether oxygens (including phenoxy) is 2. The van der Waals surface area contributed by atoms with E-state index in [-0.39, 0.29) is 17.2 Å². The van der Waals surface area contributed by atoms with Crippen molar-refractivity contribution >= 4 is 39.2 Å². The lowest BCUT2D eigenvalue weighted by Crippen LogP contribution is -2.26. The highest BCUT2D eigenvalue weighted by Gasteiger charge is 2.20. The number of aromatic nitrogens is 2. The molecular formula is C22H23N3O4S2. The van der Waals surface area contributed by atoms with Gasteiger partial charge in [0, 0.05) is 17.0 Å². The fourth-order valence-electron chi connectivity index (χ4n) is 4.04. The van der Waals surface area contributed by atoms with Gasteiger partial charge >= 0.3 is 0 Å². The molecule has 1 aliphatic heterocycles. The largest absolute Gasteiger partial charge is 0.486 e. The third kappa shape index (κ3) is 4.29. The molecule has 9 heteroatoms. The number of para-hydroxylation sites is 1. The number of rotatable bonds is 6. The number of thioether (sulfide) groups is 1. The van der Waals surface area contributed by atoms with Crippen LogP contribution in [-0.4, -0.2) is 34.8 Å². The number of nitrogens with zero attached hydrogens (tertiary/aromatic N) is 1. The van der Waals surface area contributed by atoms with Crippen LogP contribution >= 0.6 is 23.1 Å². The Morgan fingerprint density at radius 1 is 1.23 bits per heavy atom. The van der Waals surface area contributed by atoms with Crippen molar-refractivity contribution in [3.8, 4) is 11.5 Å². The second-order valence-electron chi connectivity index (χ2n) is 7.61. The number of benzene rings is 1. The van der Waals surface area contributed by atoms with E-state index >= 15 is 0 Å². The van der Waals surface area contributed by atoms with Crippen LogP contribution in [0.2, 0.25) is 0 Å². The molecule has 0 saturated heterocycles. The Morgan fingerprint density at radius 2 is 2.10 bits per heavy atom. The zero-order chi connectivity index (χ0) is 21.2. The number of carbonyl (C=O) groups excluding carboxylic acids is 1. The van der Waals surface area contributed by atoms with Crippen LogP contribution in [0.25, 0.3) is 10.2 Å². The average molecular weight is 458 g/mol. The molecule has 0 atom stereocenters. The molecule has 0 radical (unpaired) electrons. The highest BCUT2D eigenvalue weighted by molar-refractivity contribution is 7.99. The first kappa shape index (κ1) is 20.4. The minimum Gasteiger partial charge on any atom is -0.486 e. The predicted molar refractivity (Wildman–Crippen MR) is 122 cm³/mol. The Kier molecular flexibility index (Phi) is 5.87. The summed E-state index contributed by atoms with van der Waals surface area (Å²) in [7, 11) is 0. The third-order valence-electron chi connectivity index (χ3n) is 5.47. The summed E-state index contributed by atoms with van der Waals surface area (Å²) < 4.78 is 11.3. The summed E-state index contributed by atoms with van der Waals surface area (Å²) in [4.78, 5) is 34.6. The Labute approximate surface area is 187 Å². The molecule has 0 unspecified atom stereocenters. The normalized spacial score (nSPS) is 15.0. The van der Waals surface area contributed by atoms with Crippen LogP contribution in [0.5, 0.6) is 11.5 Å². The van der Waals surface area contributed by atoms with Crippen molar-refractivity contribution in [3.63, 3.8) is 0 Å². The van der Waals surface area contributed by atoms with Crippen molar-refractivity contribution in [2.24, 2.45) is 0 Å². The molecule has 1 aromatic carbocycles. The van der Waals surface area contributed by atoms with Gasteiger partial charge in [0.1, 0.15) is 23.9 Å². The number of aryl methyl sites for hydroxylation is 2. The summed E-state index contributed by atoms with van der Waals surface area (Å²) >= 11 is 3.08. The fourth-order valence-corrected chi connectivity index (χ4v) is 6.04. The maximum absolute atomic E-state index is 12.6. The van der Waals surface area contributed by atoms with Crippen molar-refractivity contribution in [1.29, 1.82) is 0 Å². The van der Waals surface area contributed by atoms with Gasteiger partial charge in [0.15, 0.2) is 11.5 Å². The number of carbonyl (C=O) groups is 1. The van der Waals surface area contributed by atoms with Gasteiger partial charge in [-0.1, -0.05) is 12.1 Å². The summed E-state index contributed by atoms with van der Waals surface area (Å²) in [6.45, 7) is 1.43. The van der Waals surface area contributed by atoms with Gasteiger partial charge in [-0.25, -0.2) is 4.98 Å². The van der Waals surface area contributed by atoms with E-state index in [0.717, 1.165) is 35.0 Å². The Bertz CT molecular complexity index is 1190. The molecular weight excluding hydrogens is 434 g/mol. The zero-order valence-electron chi connectivity index (χ0n) is 17.0. The molecule has 31 heavy (non-hydrogen) atoms. The Balaban J connectivity index is 1.17. The number of aromatic amines is 1. The summed E-state index contributed by atoms with van der Waals surface area (Å²) in [6.07, 6.45) is 4.33. The monoisotopic (exact) mass is 457 g/mol. The van der Waals surface area contributed by atoms with E-state index in [0.29, 0.717) is 42.8 Å². The Hall–Kier alpha value is -2.52. The van der Waals surface area contributed by atoms with Crippen molar-refractivity contribution in [2.75, 3.05) is 19.0 Å². The lowest BCUT2D eigenvalue weighted by Gasteiger charge is -2.21. The summed E-state index contributed by atoms with van der Waals surface area (Å²) in [5.41, 5.74) is 2.03. The number of H-pyrrole nitrogens is 1. The number of nitrogens with one attached hydrogen (secondary N) is 2. The van der Waals surface area contributed by atoms with Crippen LogP contribution in [0.3, 0.4) is 0 Å². The van der Waals surface area contributed by atoms with Crippen molar-refractivity contribution < 1.29 is 14.3 Å². The van der Waals surface area contributed by atoms with Gasteiger partial charge in [0.05, 0.1) is 16.9 Å². The fraction of sp³-hybridized carbons (Fsp3) is 0.409. The van der Waals surface area contributed by atoms with Gasteiger partial charge in [-0.15, -0.1) is 23.1 Å². The van der Waals surface area contributed by atoms with Gasteiger partial charge < -0.3 is 19.8 Å². The number of amides is 1. The molecule has 2 aliphatic rings. The van der Waals surface area contributed by atoms with Crippen LogP contribution in [0.15, 0.2) is 23.0 Å². The topological polar surface area (TPSA) is 93.3 Å². The summed E-state index contributed by atoms with van der Waals surface area (Å²) in [5.74, 6) is 2.74. The molecule has 0 saturated carbocycles. The molecule has 0 bridgehead atoms. The van der Waals surface area contributed by atoms with Crippen molar-refractivity contribution in [1.82, 2.24) is 15.3 Å². The zero-order valence-corrected chi connectivity index (χ0v) is 18.6. The minimum absolute atomic E-state index is 0.0551. The second kappa shape index (κ2) is 8.92. The van der Waals surface area contributed by atoms with Crippen LogP contribution in [0, 0.1) is 0 Å². The van der Waals surface area contributed by atoms with E-state index in [1.807, 2.05) is 18.2 Å². The molecule has 162 valence electrons. The molecule has 2 aromatic heterocycles. The van der Waals surface area contributed by atoms with Gasteiger partial charge in [0.25, 0.3) is 5.56 Å². The molecule has 1 aliphatic carbocycles. The van der Waals surface area contributed by atoms with E-state index < -0.39 is 0 Å². The number of thiophene rings is 1. The third-order valence-corrected chi connectivity index (χ3v) is 7.60. The van der Waals surface area contributed by atoms with Crippen LogP contribution in [0.4, 0.5) is 0 Å². The first-order valence-corrected chi connectivity index (χ1v) is 12.4. The number of fused-ring (bicyclic) bond motifs is 4. The van der Waals surface area contributed by atoms with E-state index in [9.17, 15) is 9.59 Å². The average Bonchev–Trinajstić information content (AvgIpc) is 3.16. The first-order chi connectivity index (χ1) is 15.2. The maximum atomic E-state index is 12.6. The van der Waals surface area contributed by atoms with Crippen LogP contribution in [0.1, 0.15) is 34.7 Å². The van der Waals surface area contributed by atoms with E-state index in [2.05, 4.69) is 15.3 Å². The standard InChI is InChI=1S/C22H23N3O4S2/c26-18(23-10-13-4-3-6-15-20(13)29-9-8-28-15)12-30-11-17-24-21(27)19-14-5-1-2-7-16(14)31-22(19)25-17/h3-4,6H,1-2,5,7-12H2,(H,23,26)(H,24,25,27). The molecule has 5 rings (SSSR count). The summed E-state index contributed by atoms with van der Waals surface area (Å²) in [5, 5.41) is 3.69. The SMILES string of the molecule is O=C(CSCc1nc2sc3c(c2c(=O)[nH]1)CCCC3)NCc1cccc2c1OCCO2. The lowest BCUT2D eigenvalue weighted by atomic mass is 9.97. The van der Waals surface area contributed by atoms with E-state index in [1.165, 1.54) is 28.6 Å². The number of hydrogen-bond acceptors (Lipinski definition) is 7. The smallest absolute Gasteiger partial charge is 0.259 e. The van der Waals surface area contributed by atoms with Gasteiger partial charge in [-0.2, -0.15) is 0 Å². The molecule has 1 amide bonds. The molecule has 2 N–H and O–H groups in total. The van der Waals surface area contributed by atoms with Crippen molar-refractivity contribution in [3.05, 3.63) is 50.4 Å². The lowest BCUT2D eigenvalue weighted by molar-refractivity contribution is -0.118. The van der Waals surface area contributed by atoms with E-state index in [1.54, 1.807) is 11.3 Å². The van der Waals surface area contributed by atoms with Crippen LogP contribution < -0.4 is 20.3 Å². The molecule has 7 nitrogen and oxygen atoms in total. The minimum atomic E-state index is -0.0747. The van der Waals surface area contributed by atoms with E-state index in [4.69, 9.17) is 9.47 Å². The Morgan fingerprint density at radius 3 is 3.03 bits per heavy atom. The summed E-state index contributed by atoms with van der Waals surface area (Å²) in [6, 6.07) is 5.68. The molecule has 0 fully saturated rings. The van der Waals surface area contributed by atoms with Crippen LogP contribution in [-0.2, 0) is 29.9 Å². The molecule has 0 spiro atoms. The van der Waals surface area contributed by atoms with Gasteiger partial charge in [0.2, 0.25) is 5.91 Å². The highest BCUT2D eigenvalue weighted by atomic mass is 32.2.